The Kier molecular flexibility index (Phi) is 19.3. The topological polar surface area (TPSA) is 326 Å². The van der Waals surface area contributed by atoms with E-state index in [1.165, 1.54) is 58.2 Å². The van der Waals surface area contributed by atoms with Gasteiger partial charge in [-0.2, -0.15) is 0 Å². The van der Waals surface area contributed by atoms with Crippen molar-refractivity contribution in [2.45, 2.75) is 147 Å². The van der Waals surface area contributed by atoms with Crippen molar-refractivity contribution in [1.82, 2.24) is 20.6 Å². The molecule has 2 bridgehead atoms. The summed E-state index contributed by atoms with van der Waals surface area (Å²) in [7, 11) is 0. The van der Waals surface area contributed by atoms with Crippen molar-refractivity contribution < 1.29 is 91.3 Å². The third-order valence-electron chi connectivity index (χ3n) is 17.6. The number of carbonyl (C=O) groups excluding carboxylic acids is 9. The van der Waals surface area contributed by atoms with Crippen molar-refractivity contribution in [1.29, 1.82) is 0 Å². The van der Waals surface area contributed by atoms with E-state index in [9.17, 15) is 48.6 Å². The van der Waals surface area contributed by atoms with Crippen LogP contribution in [0.4, 0.5) is 0 Å². The number of amides is 2. The van der Waals surface area contributed by atoms with Crippen LogP contribution in [0.25, 0.3) is 0 Å². The maximum atomic E-state index is 16.6. The van der Waals surface area contributed by atoms with Gasteiger partial charge in [0, 0.05) is 44.7 Å². The van der Waals surface area contributed by atoms with E-state index in [1.54, 1.807) is 104 Å². The van der Waals surface area contributed by atoms with Gasteiger partial charge in [0.05, 0.1) is 48.2 Å². The largest absolute Gasteiger partial charge is 0.481 e. The zero-order valence-electron chi connectivity index (χ0n) is 50.6. The van der Waals surface area contributed by atoms with Crippen LogP contribution in [0.3, 0.4) is 0 Å². The molecular weight excluding hydrogens is 1160 g/mol. The molecule has 23 heteroatoms. The highest BCUT2D eigenvalue weighted by Crippen LogP contribution is 2.65. The molecule has 0 unspecified atom stereocenters. The van der Waals surface area contributed by atoms with E-state index in [0.717, 1.165) is 20.0 Å². The quantitative estimate of drug-likeness (QED) is 0.0385. The van der Waals surface area contributed by atoms with Gasteiger partial charge in [0.2, 0.25) is 12.0 Å². The van der Waals surface area contributed by atoms with Gasteiger partial charge in [-0.05, 0) is 67.2 Å². The SMILES string of the molecule is CC(=O)O[C@H]1C(=O)[C@]2(C)[C@@H](OC(=O)Cc3ccccc3)C[C@H]3OC[C@@]3(OC(C)=O)[C@H]2[C@H](OC(=O)c2ccccc2)[C@]2(O)C[C@H](OC(=O)[C@H](OC(=O)Cc3ccccc3)[C@@H](NC(=O)[C@@H](CCC(=O)O)NC(=O)c3cnc(C)cn3)c3ccccc3)C(C)=C1C2(C)C. The summed E-state index contributed by atoms with van der Waals surface area (Å²) in [6.45, 7) is 9.24. The van der Waals surface area contributed by atoms with Crippen LogP contribution in [0.5, 0.6) is 0 Å². The van der Waals surface area contributed by atoms with Gasteiger partial charge in [-0.3, -0.25) is 43.3 Å². The second kappa shape index (κ2) is 26.7. The third-order valence-corrected chi connectivity index (χ3v) is 17.6. The average Bonchev–Trinajstić information content (AvgIpc) is 0.670. The molecule has 9 rings (SSSR count). The lowest BCUT2D eigenvalue weighted by Gasteiger charge is -2.67. The van der Waals surface area contributed by atoms with Gasteiger partial charge >= 0.3 is 41.8 Å². The maximum Gasteiger partial charge on any atom is 0.350 e. The fourth-order valence-corrected chi connectivity index (χ4v) is 13.1. The Morgan fingerprint density at radius 3 is 1.88 bits per heavy atom. The average molecular weight is 1240 g/mol. The van der Waals surface area contributed by atoms with Crippen LogP contribution < -0.4 is 10.6 Å². The molecule has 2 saturated carbocycles. The summed E-state index contributed by atoms with van der Waals surface area (Å²) in [5.74, 6) is -12.0. The van der Waals surface area contributed by atoms with E-state index in [4.69, 9.17) is 33.2 Å². The Hall–Kier alpha value is -9.48. The first-order valence-corrected chi connectivity index (χ1v) is 29.3. The molecule has 2 amide bonds. The van der Waals surface area contributed by atoms with Crippen molar-refractivity contribution >= 4 is 59.4 Å². The number of nitrogens with one attached hydrogen (secondary N) is 2. The highest BCUT2D eigenvalue weighted by Gasteiger charge is 2.79. The number of carboxylic acids is 1. The molecule has 90 heavy (non-hydrogen) atoms. The molecule has 12 atom stereocenters. The maximum absolute atomic E-state index is 16.6. The molecule has 0 spiro atoms. The van der Waals surface area contributed by atoms with Gasteiger partial charge in [-0.1, -0.05) is 123 Å². The summed E-state index contributed by atoms with van der Waals surface area (Å²) in [5, 5.41) is 29.4. The minimum absolute atomic E-state index is 0.0195. The molecule has 1 aliphatic heterocycles. The molecule has 1 saturated heterocycles. The molecule has 0 radical (unpaired) electrons. The predicted molar refractivity (Wildman–Crippen MR) is 315 cm³/mol. The molecule has 4 aromatic carbocycles. The fraction of sp³-hybridized carbons (Fsp3) is 0.403. The van der Waals surface area contributed by atoms with Crippen LogP contribution in [0.1, 0.15) is 116 Å². The van der Waals surface area contributed by atoms with Crippen LogP contribution in [0.2, 0.25) is 0 Å². The monoisotopic (exact) mass is 1230 g/mol. The second-order valence-electron chi connectivity index (χ2n) is 23.8. The first-order chi connectivity index (χ1) is 42.8. The number of aromatic nitrogens is 2. The summed E-state index contributed by atoms with van der Waals surface area (Å²) >= 11 is 0. The van der Waals surface area contributed by atoms with E-state index in [2.05, 4.69) is 20.6 Å². The number of benzene rings is 4. The van der Waals surface area contributed by atoms with Gasteiger partial charge < -0.3 is 54.0 Å². The highest BCUT2D eigenvalue weighted by atomic mass is 16.6. The van der Waals surface area contributed by atoms with Crippen molar-refractivity contribution in [2.75, 3.05) is 6.61 Å². The smallest absolute Gasteiger partial charge is 0.350 e. The van der Waals surface area contributed by atoms with Crippen molar-refractivity contribution in [3.8, 4) is 0 Å². The first kappa shape index (κ1) is 65.0. The summed E-state index contributed by atoms with van der Waals surface area (Å²) in [6.07, 6.45) is -11.0. The number of esters is 6. The second-order valence-corrected chi connectivity index (χ2v) is 23.8. The number of ether oxygens (including phenoxy) is 7. The van der Waals surface area contributed by atoms with Crippen molar-refractivity contribution in [2.24, 2.45) is 16.7 Å². The molecular formula is C67H70N4O19. The summed E-state index contributed by atoms with van der Waals surface area (Å²) in [4.78, 5) is 152. The Morgan fingerprint density at radius 2 is 1.32 bits per heavy atom. The number of carboxylic acid groups (broad SMARTS) is 1. The lowest BCUT2D eigenvalue weighted by atomic mass is 9.44. The van der Waals surface area contributed by atoms with E-state index in [-0.39, 0.29) is 40.8 Å². The Labute approximate surface area is 518 Å². The van der Waals surface area contributed by atoms with Crippen LogP contribution >= 0.6 is 0 Å². The normalized spacial score (nSPS) is 25.6. The van der Waals surface area contributed by atoms with Crippen LogP contribution in [-0.4, -0.2) is 140 Å². The minimum atomic E-state index is -2.63. The number of hydrogen-bond acceptors (Lipinski definition) is 20. The molecule has 472 valence electrons. The van der Waals surface area contributed by atoms with Gasteiger partial charge in [-0.25, -0.2) is 14.6 Å². The third kappa shape index (κ3) is 13.3. The van der Waals surface area contributed by atoms with Crippen LogP contribution in [0, 0.1) is 23.7 Å². The molecule has 4 aliphatic rings. The van der Waals surface area contributed by atoms with Gasteiger partial charge in [0.25, 0.3) is 5.91 Å². The molecule has 3 aliphatic carbocycles. The highest BCUT2D eigenvalue weighted by molar-refractivity contribution is 5.97. The molecule has 2 heterocycles. The molecule has 1 aromatic heterocycles. The van der Waals surface area contributed by atoms with Gasteiger partial charge in [-0.15, -0.1) is 0 Å². The molecule has 4 N–H and O–H groups in total. The van der Waals surface area contributed by atoms with E-state index < -0.39 is 168 Å². The number of fused-ring (bicyclic) bond motifs is 5. The number of ketones is 1. The number of Topliss-reactive ketones (excluding diaryl/α,β-unsaturated/α-hetero) is 1. The Bertz CT molecular complexity index is 3590. The number of aliphatic carboxylic acids is 1. The van der Waals surface area contributed by atoms with Crippen molar-refractivity contribution in [3.05, 3.63) is 179 Å². The van der Waals surface area contributed by atoms with E-state index >= 15 is 9.59 Å². The molecule has 5 aromatic rings. The fourth-order valence-electron chi connectivity index (χ4n) is 13.1. The lowest BCUT2D eigenvalue weighted by Crippen LogP contribution is -2.82. The van der Waals surface area contributed by atoms with Gasteiger partial charge in [0.15, 0.2) is 17.5 Å². The zero-order chi connectivity index (χ0) is 64.9. The summed E-state index contributed by atoms with van der Waals surface area (Å²) in [5.41, 5.74) is -7.43. The molecule has 3 fully saturated rings. The standard InChI is InChI=1S/C67H70N4O19/c1-37-34-69-46(35-68-37)61(80)70-45(28-29-50(74)75)60(79)71-54(43-24-16-10-17-25-43)56(88-52(77)31-42-22-14-9-15-23-42)63(82)86-47-33-67(83)59(89-62(81)44-26-18-11-19-27-44)57-65(7,58(78)55(85-39(3)72)53(38(47)2)64(67,5)6)48(32-49-66(57,36-84-49)90-40(4)73)87-51(76)30-41-20-12-8-13-21-41/h8-27,34-35,45,47-49,54-57,59,83H,28-33,36H2,1-7H3,(H,70,80)(H,71,79)(H,74,75)/t45-,47+,48+,49-,54+,55-,56-,57+,59+,65-,66+,67-/m1/s1. The van der Waals surface area contributed by atoms with Crippen LogP contribution in [-0.2, 0) is 84.4 Å². The Balaban J connectivity index is 1.20. The first-order valence-electron chi connectivity index (χ1n) is 29.3. The Morgan fingerprint density at radius 1 is 0.722 bits per heavy atom. The number of nitrogens with zero attached hydrogens (tertiary/aromatic N) is 2. The summed E-state index contributed by atoms with van der Waals surface area (Å²) < 4.78 is 44.2. The van der Waals surface area contributed by atoms with Gasteiger partial charge in [0.1, 0.15) is 47.8 Å². The minimum Gasteiger partial charge on any atom is -0.481 e. The van der Waals surface area contributed by atoms with Crippen molar-refractivity contribution in [3.63, 3.8) is 0 Å². The summed E-state index contributed by atoms with van der Waals surface area (Å²) in [6, 6.07) is 28.9. The van der Waals surface area contributed by atoms with Crippen LogP contribution in [0.15, 0.2) is 145 Å². The number of hydrogen-bond donors (Lipinski definition) is 4. The van der Waals surface area contributed by atoms with E-state index in [1.807, 2.05) is 0 Å². The molecule has 23 nitrogen and oxygen atoms in total. The predicted octanol–water partition coefficient (Wildman–Crippen LogP) is 5.77. The number of aliphatic hydroxyl groups is 1. The lowest BCUT2D eigenvalue weighted by molar-refractivity contribution is -0.346. The number of rotatable bonds is 21. The zero-order valence-corrected chi connectivity index (χ0v) is 50.6. The van der Waals surface area contributed by atoms with E-state index in [0.29, 0.717) is 16.8 Å². The number of aryl methyl sites for hydroxylation is 1. The number of carbonyl (C=O) groups is 10.